The van der Waals surface area contributed by atoms with Crippen LogP contribution in [0.5, 0.6) is 5.75 Å². The zero-order valence-electron chi connectivity index (χ0n) is 8.95. The standard InChI is InChI=1S/C11H11ClO4/c1-15-10-5-7(12)3-4-8(10)9(13)6-11(14)16-2/h3-5H,6H2,1-2H3. The molecule has 1 rings (SSSR count). The molecule has 4 nitrogen and oxygen atoms in total. The van der Waals surface area contributed by atoms with Gasteiger partial charge >= 0.3 is 5.97 Å². The van der Waals surface area contributed by atoms with E-state index in [-0.39, 0.29) is 12.2 Å². The van der Waals surface area contributed by atoms with Gasteiger partial charge in [-0.15, -0.1) is 0 Å². The highest BCUT2D eigenvalue weighted by molar-refractivity contribution is 6.31. The van der Waals surface area contributed by atoms with Crippen LogP contribution in [-0.2, 0) is 9.53 Å². The van der Waals surface area contributed by atoms with Gasteiger partial charge in [-0.25, -0.2) is 0 Å². The number of methoxy groups -OCH3 is 2. The predicted octanol–water partition coefficient (Wildman–Crippen LogP) is 2.09. The highest BCUT2D eigenvalue weighted by atomic mass is 35.5. The Morgan fingerprint density at radius 2 is 2.00 bits per heavy atom. The fraction of sp³-hybridized carbons (Fsp3) is 0.273. The second kappa shape index (κ2) is 5.51. The number of ketones is 1. The number of carbonyl (C=O) groups is 2. The van der Waals surface area contributed by atoms with Gasteiger partial charge in [0.1, 0.15) is 12.2 Å². The lowest BCUT2D eigenvalue weighted by molar-refractivity contribution is -0.139. The molecule has 0 saturated carbocycles. The van der Waals surface area contributed by atoms with Crippen LogP contribution in [0.4, 0.5) is 0 Å². The topological polar surface area (TPSA) is 52.6 Å². The molecule has 0 spiro atoms. The van der Waals surface area contributed by atoms with Crippen LogP contribution in [0.15, 0.2) is 18.2 Å². The number of carbonyl (C=O) groups excluding carboxylic acids is 2. The van der Waals surface area contributed by atoms with Crippen molar-refractivity contribution >= 4 is 23.4 Å². The minimum Gasteiger partial charge on any atom is -0.496 e. The van der Waals surface area contributed by atoms with Gasteiger partial charge in [0.2, 0.25) is 0 Å². The van der Waals surface area contributed by atoms with Crippen LogP contribution < -0.4 is 4.74 Å². The summed E-state index contributed by atoms with van der Waals surface area (Å²) in [4.78, 5) is 22.6. The maximum absolute atomic E-state index is 11.7. The van der Waals surface area contributed by atoms with Crippen LogP contribution in [0, 0.1) is 0 Å². The molecule has 1 aromatic carbocycles. The van der Waals surface area contributed by atoms with Crippen molar-refractivity contribution in [1.82, 2.24) is 0 Å². The molecule has 0 aliphatic heterocycles. The Morgan fingerprint density at radius 3 is 2.56 bits per heavy atom. The number of rotatable bonds is 4. The first kappa shape index (κ1) is 12.5. The van der Waals surface area contributed by atoms with Crippen molar-refractivity contribution in [3.63, 3.8) is 0 Å². The smallest absolute Gasteiger partial charge is 0.313 e. The molecule has 0 N–H and O–H groups in total. The molecular weight excluding hydrogens is 232 g/mol. The molecule has 0 unspecified atom stereocenters. The quantitative estimate of drug-likeness (QED) is 0.461. The van der Waals surface area contributed by atoms with Crippen molar-refractivity contribution in [2.75, 3.05) is 14.2 Å². The van der Waals surface area contributed by atoms with E-state index in [9.17, 15) is 9.59 Å². The Balaban J connectivity index is 2.94. The average Bonchev–Trinajstić information content (AvgIpc) is 2.28. The zero-order valence-corrected chi connectivity index (χ0v) is 9.71. The average molecular weight is 243 g/mol. The number of hydrogen-bond donors (Lipinski definition) is 0. The molecule has 86 valence electrons. The normalized spacial score (nSPS) is 9.69. The van der Waals surface area contributed by atoms with Crippen LogP contribution in [0.2, 0.25) is 5.02 Å². The Hall–Kier alpha value is -1.55. The van der Waals surface area contributed by atoms with E-state index in [1.54, 1.807) is 6.07 Å². The summed E-state index contributed by atoms with van der Waals surface area (Å²) in [6, 6.07) is 4.60. The van der Waals surface area contributed by atoms with Gasteiger partial charge in [0.05, 0.1) is 19.8 Å². The van der Waals surface area contributed by atoms with Crippen molar-refractivity contribution in [3.05, 3.63) is 28.8 Å². The molecule has 16 heavy (non-hydrogen) atoms. The number of Topliss-reactive ketones (excluding diaryl/α,β-unsaturated/α-hetero) is 1. The van der Waals surface area contributed by atoms with E-state index in [0.29, 0.717) is 16.3 Å². The maximum atomic E-state index is 11.7. The SMILES string of the molecule is COC(=O)CC(=O)c1ccc(Cl)cc1OC. The van der Waals surface area contributed by atoms with Crippen LogP contribution in [0.3, 0.4) is 0 Å². The summed E-state index contributed by atoms with van der Waals surface area (Å²) in [6.07, 6.45) is -0.311. The number of ether oxygens (including phenoxy) is 2. The molecule has 0 bridgehead atoms. The van der Waals surface area contributed by atoms with Crippen molar-refractivity contribution < 1.29 is 19.1 Å². The maximum Gasteiger partial charge on any atom is 0.313 e. The molecule has 0 aromatic heterocycles. The summed E-state index contributed by atoms with van der Waals surface area (Å²) in [5.74, 6) is -0.594. The van der Waals surface area contributed by atoms with Crippen LogP contribution >= 0.6 is 11.6 Å². The van der Waals surface area contributed by atoms with Crippen molar-refractivity contribution in [2.45, 2.75) is 6.42 Å². The summed E-state index contributed by atoms with van der Waals surface area (Å²) in [5.41, 5.74) is 0.317. The van der Waals surface area contributed by atoms with Gasteiger partial charge in [-0.05, 0) is 18.2 Å². The third kappa shape index (κ3) is 2.97. The summed E-state index contributed by atoms with van der Waals surface area (Å²) in [6.45, 7) is 0. The lowest BCUT2D eigenvalue weighted by atomic mass is 10.1. The third-order valence-electron chi connectivity index (χ3n) is 2.00. The van der Waals surface area contributed by atoms with Crippen LogP contribution in [-0.4, -0.2) is 26.0 Å². The summed E-state index contributed by atoms with van der Waals surface area (Å²) in [7, 11) is 2.66. The van der Waals surface area contributed by atoms with Gasteiger partial charge in [0.15, 0.2) is 5.78 Å². The molecule has 0 heterocycles. The summed E-state index contributed by atoms with van der Waals surface area (Å²) in [5, 5.41) is 0.464. The molecule has 0 radical (unpaired) electrons. The van der Waals surface area contributed by atoms with Crippen molar-refractivity contribution in [3.8, 4) is 5.75 Å². The fourth-order valence-corrected chi connectivity index (χ4v) is 1.36. The van der Waals surface area contributed by atoms with Gasteiger partial charge in [0.25, 0.3) is 0 Å². The first-order chi connectivity index (χ1) is 7.58. The zero-order chi connectivity index (χ0) is 12.1. The minimum absolute atomic E-state index is 0.311. The highest BCUT2D eigenvalue weighted by Gasteiger charge is 2.16. The van der Waals surface area contributed by atoms with Gasteiger partial charge in [0, 0.05) is 5.02 Å². The monoisotopic (exact) mass is 242 g/mol. The van der Waals surface area contributed by atoms with Gasteiger partial charge in [-0.1, -0.05) is 11.6 Å². The number of halogens is 1. The van der Waals surface area contributed by atoms with E-state index in [0.717, 1.165) is 0 Å². The molecule has 0 aliphatic rings. The molecule has 1 aromatic rings. The lowest BCUT2D eigenvalue weighted by Crippen LogP contribution is -2.10. The summed E-state index contributed by atoms with van der Waals surface area (Å²) < 4.78 is 9.42. The first-order valence-corrected chi connectivity index (χ1v) is 4.90. The Bertz CT molecular complexity index is 414. The third-order valence-corrected chi connectivity index (χ3v) is 2.23. The Morgan fingerprint density at radius 1 is 1.31 bits per heavy atom. The number of hydrogen-bond acceptors (Lipinski definition) is 4. The van der Waals surface area contributed by atoms with Crippen LogP contribution in [0.25, 0.3) is 0 Å². The highest BCUT2D eigenvalue weighted by Crippen LogP contribution is 2.24. The Labute approximate surface area is 98.1 Å². The van der Waals surface area contributed by atoms with Gasteiger partial charge < -0.3 is 9.47 Å². The predicted molar refractivity (Wildman–Crippen MR) is 59.0 cm³/mol. The largest absolute Gasteiger partial charge is 0.496 e. The molecule has 0 saturated heterocycles. The van der Waals surface area contributed by atoms with E-state index in [4.69, 9.17) is 16.3 Å². The second-order valence-corrected chi connectivity index (χ2v) is 3.46. The number of esters is 1. The van der Waals surface area contributed by atoms with E-state index >= 15 is 0 Å². The number of benzene rings is 1. The first-order valence-electron chi connectivity index (χ1n) is 4.52. The van der Waals surface area contributed by atoms with Crippen molar-refractivity contribution in [1.29, 1.82) is 0 Å². The van der Waals surface area contributed by atoms with E-state index in [1.165, 1.54) is 26.4 Å². The van der Waals surface area contributed by atoms with Gasteiger partial charge in [-0.3, -0.25) is 9.59 Å². The molecule has 0 atom stereocenters. The Kier molecular flexibility index (Phi) is 4.31. The molecule has 5 heteroatoms. The second-order valence-electron chi connectivity index (χ2n) is 3.02. The van der Waals surface area contributed by atoms with Gasteiger partial charge in [-0.2, -0.15) is 0 Å². The van der Waals surface area contributed by atoms with Crippen molar-refractivity contribution in [2.24, 2.45) is 0 Å². The minimum atomic E-state index is -0.581. The molecule has 0 fully saturated rings. The molecule has 0 aliphatic carbocycles. The lowest BCUT2D eigenvalue weighted by Gasteiger charge is -2.07. The van der Waals surface area contributed by atoms with Crippen LogP contribution in [0.1, 0.15) is 16.8 Å². The summed E-state index contributed by atoms with van der Waals surface area (Å²) >= 11 is 5.75. The van der Waals surface area contributed by atoms with E-state index in [1.807, 2.05) is 0 Å². The van der Waals surface area contributed by atoms with E-state index in [2.05, 4.69) is 4.74 Å². The van der Waals surface area contributed by atoms with E-state index < -0.39 is 5.97 Å². The fourth-order valence-electron chi connectivity index (χ4n) is 1.19. The molecular formula is C11H11ClO4. The molecule has 0 amide bonds.